The van der Waals surface area contributed by atoms with Crippen LogP contribution in [0.25, 0.3) is 0 Å². The van der Waals surface area contributed by atoms with E-state index in [2.05, 4.69) is 0 Å². The highest BCUT2D eigenvalue weighted by atomic mass is 16.7. The number of rotatable bonds is 6. The summed E-state index contributed by atoms with van der Waals surface area (Å²) in [6.07, 6.45) is -4.99. The highest BCUT2D eigenvalue weighted by Crippen LogP contribution is 2.29. The van der Waals surface area contributed by atoms with Gasteiger partial charge in [-0.3, -0.25) is 19.2 Å². The average Bonchev–Trinajstić information content (AvgIpc) is 2.56. The molecule has 0 spiro atoms. The molecule has 0 bridgehead atoms. The molecule has 170 valence electrons. The molecule has 0 aromatic rings. The Balaban J connectivity index is 3.47. The van der Waals surface area contributed by atoms with E-state index in [1.807, 2.05) is 0 Å². The Morgan fingerprint density at radius 3 is 1.77 bits per heavy atom. The van der Waals surface area contributed by atoms with E-state index in [-0.39, 0.29) is 6.61 Å². The molecule has 0 aromatic carbocycles. The maximum Gasteiger partial charge on any atom is 0.303 e. The van der Waals surface area contributed by atoms with Crippen LogP contribution in [-0.2, 0) is 42.9 Å². The Bertz CT molecular complexity index is 696. The molecule has 0 radical (unpaired) electrons. The maximum absolute atomic E-state index is 12.5. The minimum atomic E-state index is -1.31. The van der Waals surface area contributed by atoms with Gasteiger partial charge in [-0.25, -0.2) is 4.74 Å². The molecule has 1 aliphatic heterocycles. The predicted molar refractivity (Wildman–Crippen MR) is 101 cm³/mol. The quantitative estimate of drug-likeness (QED) is 0.146. The van der Waals surface area contributed by atoms with Crippen LogP contribution < -0.4 is 0 Å². The van der Waals surface area contributed by atoms with Crippen LogP contribution >= 0.6 is 0 Å². The molecular weight excluding hydrogens is 402 g/mol. The van der Waals surface area contributed by atoms with Crippen molar-refractivity contribution < 1.29 is 47.6 Å². The van der Waals surface area contributed by atoms with Crippen LogP contribution in [0.5, 0.6) is 0 Å². The van der Waals surface area contributed by atoms with E-state index < -0.39 is 59.9 Å². The second kappa shape index (κ2) is 10.4. The van der Waals surface area contributed by atoms with E-state index in [4.69, 9.17) is 23.7 Å². The first kappa shape index (κ1) is 25.3. The van der Waals surface area contributed by atoms with E-state index in [0.717, 1.165) is 27.0 Å². The van der Waals surface area contributed by atoms with Gasteiger partial charge in [-0.2, -0.15) is 0 Å². The van der Waals surface area contributed by atoms with Crippen molar-refractivity contribution in [3.05, 3.63) is 5.21 Å². The molecule has 1 rings (SSSR count). The van der Waals surface area contributed by atoms with Crippen LogP contribution in [0.3, 0.4) is 0 Å². The van der Waals surface area contributed by atoms with Gasteiger partial charge in [0, 0.05) is 48.5 Å². The second-order valence-electron chi connectivity index (χ2n) is 7.81. The Morgan fingerprint density at radius 1 is 0.867 bits per heavy atom. The fourth-order valence-electron chi connectivity index (χ4n) is 2.74. The molecule has 11 nitrogen and oxygen atoms in total. The number of carbonyl (C=O) groups is 4. The Morgan fingerprint density at radius 2 is 1.33 bits per heavy atom. The molecule has 0 N–H and O–H groups in total. The summed E-state index contributed by atoms with van der Waals surface area (Å²) in [6.45, 7) is 9.18. The normalized spacial score (nSPS) is 27.0. The van der Waals surface area contributed by atoms with Crippen molar-refractivity contribution in [2.24, 2.45) is 0 Å². The molecule has 11 heteroatoms. The zero-order valence-corrected chi connectivity index (χ0v) is 18.2. The zero-order chi connectivity index (χ0) is 23.2. The lowest BCUT2D eigenvalue weighted by atomic mass is 9.94. The third-order valence-corrected chi connectivity index (χ3v) is 3.97. The van der Waals surface area contributed by atoms with Gasteiger partial charge in [0.05, 0.1) is 0 Å². The van der Waals surface area contributed by atoms with Crippen molar-refractivity contribution in [3.8, 4) is 0 Å². The summed E-state index contributed by atoms with van der Waals surface area (Å²) in [7, 11) is 0. The van der Waals surface area contributed by atoms with Gasteiger partial charge in [-0.05, 0) is 0 Å². The van der Waals surface area contributed by atoms with E-state index in [0.29, 0.717) is 4.74 Å². The van der Waals surface area contributed by atoms with E-state index >= 15 is 0 Å². The second-order valence-corrected chi connectivity index (χ2v) is 7.81. The highest BCUT2D eigenvalue weighted by molar-refractivity contribution is 5.70. The predicted octanol–water partition coefficient (Wildman–Crippen LogP) is 0.492. The lowest BCUT2D eigenvalue weighted by molar-refractivity contribution is -0.534. The van der Waals surface area contributed by atoms with Crippen LogP contribution in [0, 0.1) is 5.21 Å². The van der Waals surface area contributed by atoms with Crippen molar-refractivity contribution in [1.82, 2.24) is 0 Å². The van der Waals surface area contributed by atoms with Crippen molar-refractivity contribution >= 4 is 30.1 Å². The number of hydrogen-bond donors (Lipinski definition) is 0. The molecule has 1 fully saturated rings. The maximum atomic E-state index is 12.5. The number of carbonyl (C=O) groups excluding carboxylic acids is 4. The summed E-state index contributed by atoms with van der Waals surface area (Å²) in [5, 5.41) is 12.5. The molecule has 1 heterocycles. The summed E-state index contributed by atoms with van der Waals surface area (Å²) in [6, 6.07) is 0. The van der Waals surface area contributed by atoms with Crippen LogP contribution in [0.1, 0.15) is 48.5 Å². The SMILES string of the molecule is CC(=O)OC[C@H]1OC(/C=[N+](\[O-])C(C)(C)C)[C@@H](OC(C)=O)[C@@H](OC(C)=O)[C@@H]1OC(C)=O. The molecule has 0 saturated carbocycles. The third-order valence-electron chi connectivity index (χ3n) is 3.97. The minimum Gasteiger partial charge on any atom is -0.624 e. The number of esters is 4. The highest BCUT2D eigenvalue weighted by Gasteiger charge is 2.53. The summed E-state index contributed by atoms with van der Waals surface area (Å²) in [4.78, 5) is 46.3. The fourth-order valence-corrected chi connectivity index (χ4v) is 2.74. The molecule has 30 heavy (non-hydrogen) atoms. The minimum absolute atomic E-state index is 0.351. The lowest BCUT2D eigenvalue weighted by Crippen LogP contribution is -2.63. The van der Waals surface area contributed by atoms with Gasteiger partial charge in [0.25, 0.3) is 0 Å². The molecular formula is C19H29NO10. The standard InChI is InChI=1S/C19H29NO10/c1-10(21)26-9-15-17(28-12(3)23)18(29-13(4)24)16(27-11(2)22)14(30-15)8-20(25)19(5,6)7/h8,14-18H,9H2,1-7H3/b20-8-/t14?,15-,16-,17-,18-/m1/s1. The van der Waals surface area contributed by atoms with E-state index in [9.17, 15) is 24.4 Å². The number of nitrogens with zero attached hydrogens (tertiary/aromatic N) is 1. The van der Waals surface area contributed by atoms with Gasteiger partial charge >= 0.3 is 23.9 Å². The fraction of sp³-hybridized carbons (Fsp3) is 0.737. The Labute approximate surface area is 174 Å². The Kier molecular flexibility index (Phi) is 8.76. The molecule has 0 aliphatic carbocycles. The molecule has 1 unspecified atom stereocenters. The lowest BCUT2D eigenvalue weighted by Gasteiger charge is -2.43. The first-order valence-electron chi connectivity index (χ1n) is 9.34. The topological polar surface area (TPSA) is 141 Å². The number of hydroxylamine groups is 1. The summed E-state index contributed by atoms with van der Waals surface area (Å²) >= 11 is 0. The van der Waals surface area contributed by atoms with Crippen molar-refractivity contribution in [2.75, 3.05) is 6.61 Å². The number of hydrogen-bond acceptors (Lipinski definition) is 10. The van der Waals surface area contributed by atoms with Gasteiger partial charge < -0.3 is 28.9 Å². The van der Waals surface area contributed by atoms with Gasteiger partial charge in [0.1, 0.15) is 12.7 Å². The third kappa shape index (κ3) is 7.62. The van der Waals surface area contributed by atoms with Crippen molar-refractivity contribution in [2.45, 2.75) is 84.5 Å². The summed E-state index contributed by atoms with van der Waals surface area (Å²) in [5.41, 5.74) is -0.848. The Hall–Kier alpha value is -2.69. The smallest absolute Gasteiger partial charge is 0.303 e. The monoisotopic (exact) mass is 431 g/mol. The van der Waals surface area contributed by atoms with Crippen molar-refractivity contribution in [1.29, 1.82) is 0 Å². The van der Waals surface area contributed by atoms with Crippen LogP contribution in [0.15, 0.2) is 0 Å². The van der Waals surface area contributed by atoms with Gasteiger partial charge in [-0.15, -0.1) is 0 Å². The van der Waals surface area contributed by atoms with E-state index in [1.54, 1.807) is 20.8 Å². The zero-order valence-electron chi connectivity index (χ0n) is 18.2. The number of ether oxygens (including phenoxy) is 5. The summed E-state index contributed by atoms with van der Waals surface area (Å²) in [5.74, 6) is -2.81. The average molecular weight is 431 g/mol. The van der Waals surface area contributed by atoms with Gasteiger partial charge in [0.2, 0.25) is 0 Å². The van der Waals surface area contributed by atoms with Gasteiger partial charge in [0.15, 0.2) is 36.2 Å². The molecule has 5 atom stereocenters. The van der Waals surface area contributed by atoms with Gasteiger partial charge in [-0.1, -0.05) is 0 Å². The first-order chi connectivity index (χ1) is 13.7. The largest absolute Gasteiger partial charge is 0.624 e. The summed E-state index contributed by atoms with van der Waals surface area (Å²) < 4.78 is 27.2. The molecule has 0 aromatic heterocycles. The van der Waals surface area contributed by atoms with Crippen LogP contribution in [0.2, 0.25) is 0 Å². The van der Waals surface area contributed by atoms with Crippen molar-refractivity contribution in [3.63, 3.8) is 0 Å². The molecule has 1 saturated heterocycles. The van der Waals surface area contributed by atoms with E-state index in [1.165, 1.54) is 6.92 Å². The van der Waals surface area contributed by atoms with Crippen LogP contribution in [0.4, 0.5) is 0 Å². The molecule has 1 aliphatic rings. The first-order valence-corrected chi connectivity index (χ1v) is 9.34. The molecule has 0 amide bonds. The van der Waals surface area contributed by atoms with Crippen LogP contribution in [-0.4, -0.2) is 77.5 Å².